The summed E-state index contributed by atoms with van der Waals surface area (Å²) in [4.78, 5) is 28.6. The van der Waals surface area contributed by atoms with Gasteiger partial charge in [-0.15, -0.1) is 0 Å². The molecule has 13 heteroatoms. The number of fused-ring (bicyclic) bond motifs is 1. The number of nitrogens with zero attached hydrogens (tertiary/aromatic N) is 1. The molecule has 39 heavy (non-hydrogen) atoms. The van der Waals surface area contributed by atoms with E-state index in [1.165, 1.54) is 6.07 Å². The molecule has 0 bridgehead atoms. The first kappa shape index (κ1) is 31.2. The molecule has 0 fully saturated rings. The monoisotopic (exact) mass is 585 g/mol. The summed E-state index contributed by atoms with van der Waals surface area (Å²) < 4.78 is 0. The van der Waals surface area contributed by atoms with Gasteiger partial charge in [-0.25, -0.2) is 0 Å². The van der Waals surface area contributed by atoms with E-state index in [4.69, 9.17) is 23.2 Å². The van der Waals surface area contributed by atoms with E-state index in [1.807, 2.05) is 11.9 Å². The summed E-state index contributed by atoms with van der Waals surface area (Å²) in [5, 5.41) is 63.8. The molecule has 0 saturated heterocycles. The molecular weight excluding hydrogens is 553 g/mol. The number of aliphatic hydroxyl groups is 6. The fraction of sp³-hybridized carbons (Fsp3) is 0.462. The van der Waals surface area contributed by atoms with E-state index in [-0.39, 0.29) is 17.0 Å². The normalized spacial score (nSPS) is 16.1. The lowest BCUT2D eigenvalue weighted by Gasteiger charge is -2.34. The van der Waals surface area contributed by atoms with E-state index >= 15 is 0 Å². The van der Waals surface area contributed by atoms with Gasteiger partial charge in [0, 0.05) is 40.2 Å². The number of halogens is 2. The van der Waals surface area contributed by atoms with Crippen molar-refractivity contribution in [1.29, 1.82) is 0 Å². The first-order valence-electron chi connectivity index (χ1n) is 12.1. The number of amides is 2. The SMILES string of the molecule is CN1Cc2c(Cl)cc(Cl)cc2C(c2cc(C(=O)NC(CO)(CO)CO)cc(C(=O)NC(CO)(CO)CO)c2)C1. The van der Waals surface area contributed by atoms with Gasteiger partial charge in [0.15, 0.2) is 0 Å². The molecule has 0 aliphatic carbocycles. The van der Waals surface area contributed by atoms with Crippen LogP contribution in [-0.2, 0) is 6.54 Å². The molecule has 2 amide bonds. The van der Waals surface area contributed by atoms with Crippen molar-refractivity contribution in [3.8, 4) is 0 Å². The zero-order chi connectivity index (χ0) is 29.0. The molecule has 8 N–H and O–H groups in total. The fourth-order valence-corrected chi connectivity index (χ4v) is 4.98. The Hall–Kier alpha value is -2.32. The highest BCUT2D eigenvalue weighted by molar-refractivity contribution is 6.35. The summed E-state index contributed by atoms with van der Waals surface area (Å²) in [7, 11) is 1.89. The molecule has 1 heterocycles. The molecule has 1 unspecified atom stereocenters. The second kappa shape index (κ2) is 12.9. The lowest BCUT2D eigenvalue weighted by atomic mass is 9.83. The van der Waals surface area contributed by atoms with Gasteiger partial charge in [0.2, 0.25) is 0 Å². The van der Waals surface area contributed by atoms with Crippen molar-refractivity contribution in [2.75, 3.05) is 53.2 Å². The number of hydrogen-bond donors (Lipinski definition) is 8. The second-order valence-corrected chi connectivity index (χ2v) is 10.8. The third-order valence-electron chi connectivity index (χ3n) is 6.95. The van der Waals surface area contributed by atoms with E-state index in [2.05, 4.69) is 10.6 Å². The van der Waals surface area contributed by atoms with Gasteiger partial charge >= 0.3 is 0 Å². The Kier molecular flexibility index (Phi) is 10.3. The molecule has 1 atom stereocenters. The van der Waals surface area contributed by atoms with Crippen molar-refractivity contribution < 1.29 is 40.2 Å². The Labute approximate surface area is 235 Å². The minimum absolute atomic E-state index is 0.0251. The van der Waals surface area contributed by atoms with Crippen LogP contribution in [0.1, 0.15) is 43.3 Å². The van der Waals surface area contributed by atoms with E-state index < -0.39 is 62.5 Å². The number of carbonyl (C=O) groups is 2. The van der Waals surface area contributed by atoms with Gasteiger partial charge in [-0.3, -0.25) is 9.59 Å². The maximum Gasteiger partial charge on any atom is 0.251 e. The molecule has 0 saturated carbocycles. The molecule has 11 nitrogen and oxygen atoms in total. The molecule has 2 aromatic carbocycles. The summed E-state index contributed by atoms with van der Waals surface area (Å²) in [6.45, 7) is -3.45. The first-order chi connectivity index (χ1) is 18.5. The van der Waals surface area contributed by atoms with Gasteiger partial charge in [-0.2, -0.15) is 0 Å². The summed E-state index contributed by atoms with van der Waals surface area (Å²) in [5.74, 6) is -1.95. The highest BCUT2D eigenvalue weighted by atomic mass is 35.5. The van der Waals surface area contributed by atoms with Crippen LogP contribution < -0.4 is 10.6 Å². The van der Waals surface area contributed by atoms with Crippen LogP contribution in [-0.4, -0.2) is 112 Å². The number of rotatable bonds is 11. The van der Waals surface area contributed by atoms with Gasteiger partial charge in [0.05, 0.1) is 39.6 Å². The van der Waals surface area contributed by atoms with Crippen LogP contribution in [0.5, 0.6) is 0 Å². The van der Waals surface area contributed by atoms with Gasteiger partial charge in [-0.1, -0.05) is 23.2 Å². The van der Waals surface area contributed by atoms with Crippen LogP contribution in [0, 0.1) is 0 Å². The molecule has 214 valence electrons. The zero-order valence-electron chi connectivity index (χ0n) is 21.3. The van der Waals surface area contributed by atoms with Crippen molar-refractivity contribution >= 4 is 35.0 Å². The number of carbonyl (C=O) groups excluding carboxylic acids is 2. The maximum absolute atomic E-state index is 13.3. The molecule has 0 radical (unpaired) electrons. The quantitative estimate of drug-likeness (QED) is 0.172. The van der Waals surface area contributed by atoms with Crippen LogP contribution >= 0.6 is 23.2 Å². The van der Waals surface area contributed by atoms with Crippen LogP contribution in [0.2, 0.25) is 10.0 Å². The van der Waals surface area contributed by atoms with Gasteiger partial charge in [0.1, 0.15) is 11.1 Å². The molecule has 3 rings (SSSR count). The van der Waals surface area contributed by atoms with E-state index in [0.717, 1.165) is 11.1 Å². The average Bonchev–Trinajstić information content (AvgIpc) is 2.94. The van der Waals surface area contributed by atoms with Crippen molar-refractivity contribution in [3.05, 3.63) is 68.2 Å². The standard InChI is InChI=1S/C26H33Cl2N3O8/c1-31-7-20(19-5-18(27)6-22(28)21(19)8-31)15-2-16(23(38)29-25(9-32,10-33)11-34)4-17(3-15)24(39)30-26(12-35,13-36)14-37/h2-6,20,32-37H,7-14H2,1H3,(H,29,38)(H,30,39). The van der Waals surface area contributed by atoms with Gasteiger partial charge < -0.3 is 46.2 Å². The number of nitrogens with one attached hydrogen (secondary N) is 2. The lowest BCUT2D eigenvalue weighted by molar-refractivity contribution is 0.0371. The highest BCUT2D eigenvalue weighted by Crippen LogP contribution is 2.39. The Balaban J connectivity index is 2.16. The lowest BCUT2D eigenvalue weighted by Crippen LogP contribution is -2.57. The summed E-state index contributed by atoms with van der Waals surface area (Å²) >= 11 is 12.8. The number of likely N-dealkylation sites (N-methyl/N-ethyl adjacent to an activating group) is 1. The van der Waals surface area contributed by atoms with E-state index in [0.29, 0.717) is 28.7 Å². The molecule has 0 aromatic heterocycles. The van der Waals surface area contributed by atoms with Crippen molar-refractivity contribution in [3.63, 3.8) is 0 Å². The van der Waals surface area contributed by atoms with Crippen LogP contribution in [0.25, 0.3) is 0 Å². The minimum atomic E-state index is -1.71. The molecule has 1 aliphatic heterocycles. The van der Waals surface area contributed by atoms with Crippen LogP contribution in [0.3, 0.4) is 0 Å². The maximum atomic E-state index is 13.3. The Morgan fingerprint density at radius 3 is 1.72 bits per heavy atom. The summed E-state index contributed by atoms with van der Waals surface area (Å²) in [6.07, 6.45) is 0. The number of benzene rings is 2. The predicted octanol–water partition coefficient (Wildman–Crippen LogP) is -0.538. The third kappa shape index (κ3) is 6.71. The second-order valence-electron chi connectivity index (χ2n) is 9.97. The Morgan fingerprint density at radius 1 is 0.821 bits per heavy atom. The van der Waals surface area contributed by atoms with Crippen molar-refractivity contribution in [1.82, 2.24) is 15.5 Å². The molecule has 0 spiro atoms. The van der Waals surface area contributed by atoms with Crippen LogP contribution in [0.4, 0.5) is 0 Å². The topological polar surface area (TPSA) is 183 Å². The molecule has 1 aliphatic rings. The summed E-state index contributed by atoms with van der Waals surface area (Å²) in [6, 6.07) is 7.75. The summed E-state index contributed by atoms with van der Waals surface area (Å²) in [5.41, 5.74) is -1.31. The third-order valence-corrected chi connectivity index (χ3v) is 7.50. The minimum Gasteiger partial charge on any atom is -0.394 e. The Morgan fingerprint density at radius 2 is 1.28 bits per heavy atom. The van der Waals surface area contributed by atoms with Gasteiger partial charge in [-0.05, 0) is 54.1 Å². The highest BCUT2D eigenvalue weighted by Gasteiger charge is 2.34. The van der Waals surface area contributed by atoms with Gasteiger partial charge in [0.25, 0.3) is 11.8 Å². The Bertz CT molecular complexity index is 1140. The molecular formula is C26H33Cl2N3O8. The van der Waals surface area contributed by atoms with E-state index in [9.17, 15) is 40.2 Å². The van der Waals surface area contributed by atoms with Crippen molar-refractivity contribution in [2.45, 2.75) is 23.5 Å². The van der Waals surface area contributed by atoms with Crippen molar-refractivity contribution in [2.24, 2.45) is 0 Å². The van der Waals surface area contributed by atoms with Crippen LogP contribution in [0.15, 0.2) is 30.3 Å². The number of aliphatic hydroxyl groups excluding tert-OH is 6. The van der Waals surface area contributed by atoms with E-state index in [1.54, 1.807) is 24.3 Å². The smallest absolute Gasteiger partial charge is 0.251 e. The molecule has 2 aromatic rings. The zero-order valence-corrected chi connectivity index (χ0v) is 22.8. The largest absolute Gasteiger partial charge is 0.394 e. The predicted molar refractivity (Wildman–Crippen MR) is 144 cm³/mol. The fourth-order valence-electron chi connectivity index (χ4n) is 4.41. The average molecular weight is 586 g/mol. The first-order valence-corrected chi connectivity index (χ1v) is 12.9. The number of hydrogen-bond acceptors (Lipinski definition) is 9.